The van der Waals surface area contributed by atoms with Crippen LogP contribution in [0.1, 0.15) is 25.8 Å². The van der Waals surface area contributed by atoms with Gasteiger partial charge in [-0.15, -0.1) is 0 Å². The van der Waals surface area contributed by atoms with Crippen molar-refractivity contribution in [3.63, 3.8) is 0 Å². The van der Waals surface area contributed by atoms with E-state index in [4.69, 9.17) is 5.73 Å². The number of phenols is 1. The molecule has 1 amide bonds. The first-order chi connectivity index (χ1) is 7.90. The van der Waals surface area contributed by atoms with Gasteiger partial charge in [0.15, 0.2) is 0 Å². The lowest BCUT2D eigenvalue weighted by molar-refractivity contribution is -0.123. The third-order valence-electron chi connectivity index (χ3n) is 3.39. The molecule has 92 valence electrons. The van der Waals surface area contributed by atoms with E-state index in [1.165, 1.54) is 6.07 Å². The number of hydrogen-bond acceptors (Lipinski definition) is 3. The van der Waals surface area contributed by atoms with Crippen LogP contribution in [0, 0.1) is 11.3 Å². The molecule has 0 spiro atoms. The number of nitrogens with two attached hydrogens (primary N) is 1. The normalized spacial score (nSPS) is 20.9. The molecular formula is C13H18N2O2. The second kappa shape index (κ2) is 3.95. The van der Waals surface area contributed by atoms with Crippen LogP contribution in [0.4, 0.5) is 5.69 Å². The molecular weight excluding hydrogens is 216 g/mol. The molecule has 0 aromatic heterocycles. The number of nitrogens with one attached hydrogen (secondary N) is 1. The average molecular weight is 234 g/mol. The first kappa shape index (κ1) is 11.8. The Morgan fingerprint density at radius 1 is 1.59 bits per heavy atom. The summed E-state index contributed by atoms with van der Waals surface area (Å²) >= 11 is 0. The quantitative estimate of drug-likeness (QED) is 0.549. The Morgan fingerprint density at radius 2 is 2.24 bits per heavy atom. The summed E-state index contributed by atoms with van der Waals surface area (Å²) in [5, 5.41) is 12.4. The van der Waals surface area contributed by atoms with Gasteiger partial charge in [0.05, 0.1) is 0 Å². The molecule has 1 aliphatic rings. The SMILES string of the molecule is CC1(C)CC1C(=O)NCc1cc(N)ccc1O. The highest BCUT2D eigenvalue weighted by molar-refractivity contribution is 5.82. The van der Waals surface area contributed by atoms with E-state index in [1.807, 2.05) is 0 Å². The molecule has 0 bridgehead atoms. The fraction of sp³-hybridized carbons (Fsp3) is 0.462. The molecule has 2 rings (SSSR count). The van der Waals surface area contributed by atoms with E-state index in [2.05, 4.69) is 19.2 Å². The molecule has 1 fully saturated rings. The number of aromatic hydroxyl groups is 1. The number of nitrogen functional groups attached to an aromatic ring is 1. The van der Waals surface area contributed by atoms with Crippen molar-refractivity contribution >= 4 is 11.6 Å². The fourth-order valence-electron chi connectivity index (χ4n) is 1.97. The van der Waals surface area contributed by atoms with Gasteiger partial charge in [0, 0.05) is 23.7 Å². The van der Waals surface area contributed by atoms with Crippen molar-refractivity contribution in [2.75, 3.05) is 5.73 Å². The van der Waals surface area contributed by atoms with E-state index in [0.29, 0.717) is 17.8 Å². The monoisotopic (exact) mass is 234 g/mol. The molecule has 1 unspecified atom stereocenters. The van der Waals surface area contributed by atoms with Crippen molar-refractivity contribution in [3.05, 3.63) is 23.8 Å². The fourth-order valence-corrected chi connectivity index (χ4v) is 1.97. The van der Waals surface area contributed by atoms with Gasteiger partial charge in [0.1, 0.15) is 5.75 Å². The molecule has 0 heterocycles. The summed E-state index contributed by atoms with van der Waals surface area (Å²) in [4.78, 5) is 11.8. The van der Waals surface area contributed by atoms with Crippen LogP contribution in [-0.4, -0.2) is 11.0 Å². The summed E-state index contributed by atoms with van der Waals surface area (Å²) in [5.74, 6) is 0.317. The third kappa shape index (κ3) is 2.52. The van der Waals surface area contributed by atoms with Gasteiger partial charge in [-0.3, -0.25) is 4.79 Å². The molecule has 1 aromatic carbocycles. The van der Waals surface area contributed by atoms with Gasteiger partial charge in [0.2, 0.25) is 5.91 Å². The van der Waals surface area contributed by atoms with E-state index in [1.54, 1.807) is 12.1 Å². The minimum Gasteiger partial charge on any atom is -0.508 e. The Bertz CT molecular complexity index is 455. The van der Waals surface area contributed by atoms with Gasteiger partial charge >= 0.3 is 0 Å². The molecule has 4 N–H and O–H groups in total. The second-order valence-corrected chi connectivity index (χ2v) is 5.35. The average Bonchev–Trinajstić information content (AvgIpc) is 2.89. The van der Waals surface area contributed by atoms with Crippen molar-refractivity contribution in [2.45, 2.75) is 26.8 Å². The molecule has 1 saturated carbocycles. The minimum atomic E-state index is 0.0526. The van der Waals surface area contributed by atoms with Crippen LogP contribution in [0.3, 0.4) is 0 Å². The molecule has 17 heavy (non-hydrogen) atoms. The Morgan fingerprint density at radius 3 is 2.82 bits per heavy atom. The number of phenolic OH excluding ortho intramolecular Hbond substituents is 1. The number of hydrogen-bond donors (Lipinski definition) is 3. The zero-order valence-corrected chi connectivity index (χ0v) is 10.2. The molecule has 4 heteroatoms. The maximum absolute atomic E-state index is 11.8. The zero-order chi connectivity index (χ0) is 12.6. The predicted molar refractivity (Wildman–Crippen MR) is 66.3 cm³/mol. The molecule has 0 saturated heterocycles. The molecule has 1 atom stereocenters. The highest BCUT2D eigenvalue weighted by Gasteiger charge is 2.50. The predicted octanol–water partition coefficient (Wildman–Crippen LogP) is 1.64. The number of anilines is 1. The maximum Gasteiger partial charge on any atom is 0.223 e. The number of amides is 1. The van der Waals surface area contributed by atoms with E-state index in [0.717, 1.165) is 6.42 Å². The third-order valence-corrected chi connectivity index (χ3v) is 3.39. The number of benzene rings is 1. The van der Waals surface area contributed by atoms with Crippen molar-refractivity contribution in [1.29, 1.82) is 0 Å². The summed E-state index contributed by atoms with van der Waals surface area (Å²) in [6.07, 6.45) is 0.932. The lowest BCUT2D eigenvalue weighted by atomic mass is 10.1. The second-order valence-electron chi connectivity index (χ2n) is 5.35. The summed E-state index contributed by atoms with van der Waals surface area (Å²) in [5.41, 5.74) is 6.98. The maximum atomic E-state index is 11.8. The topological polar surface area (TPSA) is 75.4 Å². The van der Waals surface area contributed by atoms with Crippen LogP contribution in [0.5, 0.6) is 5.75 Å². The number of carbonyl (C=O) groups is 1. The lowest BCUT2D eigenvalue weighted by Crippen LogP contribution is -2.26. The van der Waals surface area contributed by atoms with Gasteiger partial charge < -0.3 is 16.2 Å². The highest BCUT2D eigenvalue weighted by Crippen LogP contribution is 2.51. The Balaban J connectivity index is 1.94. The first-order valence-corrected chi connectivity index (χ1v) is 5.75. The lowest BCUT2D eigenvalue weighted by Gasteiger charge is -2.08. The van der Waals surface area contributed by atoms with Gasteiger partial charge in [-0.05, 0) is 30.0 Å². The molecule has 0 aliphatic heterocycles. The van der Waals surface area contributed by atoms with Crippen molar-refractivity contribution in [1.82, 2.24) is 5.32 Å². The van der Waals surface area contributed by atoms with E-state index in [-0.39, 0.29) is 23.0 Å². The standard InChI is InChI=1S/C13H18N2O2/c1-13(2)6-10(13)12(17)15-7-8-5-9(14)3-4-11(8)16/h3-5,10,16H,6-7,14H2,1-2H3,(H,15,17). The molecule has 0 radical (unpaired) electrons. The van der Waals surface area contributed by atoms with Crippen molar-refractivity contribution in [3.8, 4) is 5.75 Å². The van der Waals surface area contributed by atoms with Crippen LogP contribution in [0.25, 0.3) is 0 Å². The minimum absolute atomic E-state index is 0.0526. The molecule has 1 aromatic rings. The van der Waals surface area contributed by atoms with Crippen LogP contribution in [-0.2, 0) is 11.3 Å². The van der Waals surface area contributed by atoms with Gasteiger partial charge in [-0.25, -0.2) is 0 Å². The Labute approximate surface area is 101 Å². The van der Waals surface area contributed by atoms with Crippen LogP contribution in [0.15, 0.2) is 18.2 Å². The molecule has 1 aliphatic carbocycles. The number of carbonyl (C=O) groups excluding carboxylic acids is 1. The summed E-state index contributed by atoms with van der Waals surface area (Å²) in [6, 6.07) is 4.84. The summed E-state index contributed by atoms with van der Waals surface area (Å²) in [7, 11) is 0. The molecule has 4 nitrogen and oxygen atoms in total. The van der Waals surface area contributed by atoms with Crippen molar-refractivity contribution in [2.24, 2.45) is 11.3 Å². The first-order valence-electron chi connectivity index (χ1n) is 5.75. The van der Waals surface area contributed by atoms with Crippen LogP contribution < -0.4 is 11.1 Å². The zero-order valence-electron chi connectivity index (χ0n) is 10.2. The van der Waals surface area contributed by atoms with Gasteiger partial charge in [-0.2, -0.15) is 0 Å². The Kier molecular flexibility index (Phi) is 2.73. The smallest absolute Gasteiger partial charge is 0.223 e. The van der Waals surface area contributed by atoms with Crippen LogP contribution in [0.2, 0.25) is 0 Å². The van der Waals surface area contributed by atoms with Crippen molar-refractivity contribution < 1.29 is 9.90 Å². The highest BCUT2D eigenvalue weighted by atomic mass is 16.3. The van der Waals surface area contributed by atoms with Gasteiger partial charge in [-0.1, -0.05) is 13.8 Å². The largest absolute Gasteiger partial charge is 0.508 e. The van der Waals surface area contributed by atoms with E-state index in [9.17, 15) is 9.90 Å². The van der Waals surface area contributed by atoms with E-state index >= 15 is 0 Å². The Hall–Kier alpha value is -1.71. The van der Waals surface area contributed by atoms with Gasteiger partial charge in [0.25, 0.3) is 0 Å². The number of rotatable bonds is 3. The summed E-state index contributed by atoms with van der Waals surface area (Å²) < 4.78 is 0. The van der Waals surface area contributed by atoms with E-state index < -0.39 is 0 Å². The summed E-state index contributed by atoms with van der Waals surface area (Å²) in [6.45, 7) is 4.48. The van der Waals surface area contributed by atoms with Crippen LogP contribution >= 0.6 is 0 Å².